The molecule has 0 unspecified atom stereocenters. The lowest BCUT2D eigenvalue weighted by molar-refractivity contribution is -0.145. The molecule has 24 heavy (non-hydrogen) atoms. The number of hydrogen-bond donors (Lipinski definition) is 0. The number of hydrogen-bond acceptors (Lipinski definition) is 7. The fourth-order valence-electron chi connectivity index (χ4n) is 1.53. The molecular formula is C16H31FO7. The maximum atomic E-state index is 11.7. The van der Waals surface area contributed by atoms with Crippen LogP contribution in [0.1, 0.15) is 19.8 Å². The van der Waals surface area contributed by atoms with Gasteiger partial charge in [0.1, 0.15) is 13.3 Å². The van der Waals surface area contributed by atoms with Crippen molar-refractivity contribution in [3.8, 4) is 0 Å². The summed E-state index contributed by atoms with van der Waals surface area (Å²) in [6.07, 6.45) is 1.23. The third-order valence-electron chi connectivity index (χ3n) is 2.65. The molecule has 0 atom stereocenters. The predicted octanol–water partition coefficient (Wildman–Crippen LogP) is 1.38. The lowest BCUT2D eigenvalue weighted by Crippen LogP contribution is -2.15. The molecule has 0 heterocycles. The first-order valence-electron chi connectivity index (χ1n) is 8.41. The molecule has 0 N–H and O–H groups in total. The van der Waals surface area contributed by atoms with Gasteiger partial charge >= 0.3 is 5.97 Å². The number of alkyl halides is 1. The molecule has 8 heteroatoms. The monoisotopic (exact) mass is 354 g/mol. The highest BCUT2D eigenvalue weighted by molar-refractivity contribution is 5.69. The Labute approximate surface area is 143 Å². The van der Waals surface area contributed by atoms with Gasteiger partial charge in [0.25, 0.3) is 0 Å². The standard InChI is InChI=1S/C16H31FO7/c1-2-3-16(18)24-15-14-23-13-12-22-11-10-21-9-8-20-7-6-19-5-4-17/h2-15H2,1H3. The molecule has 0 aromatic heterocycles. The minimum Gasteiger partial charge on any atom is -0.463 e. The first-order valence-corrected chi connectivity index (χ1v) is 8.41. The molecule has 0 aromatic rings. The number of rotatable bonds is 19. The van der Waals surface area contributed by atoms with Crippen LogP contribution in [0.25, 0.3) is 0 Å². The molecule has 0 aliphatic heterocycles. The van der Waals surface area contributed by atoms with Crippen LogP contribution in [0.4, 0.5) is 4.39 Å². The molecule has 0 aliphatic rings. The number of ether oxygens (including phenoxy) is 6. The van der Waals surface area contributed by atoms with Gasteiger partial charge in [-0.3, -0.25) is 4.79 Å². The van der Waals surface area contributed by atoms with E-state index in [9.17, 15) is 9.18 Å². The van der Waals surface area contributed by atoms with Crippen LogP contribution in [0.2, 0.25) is 0 Å². The largest absolute Gasteiger partial charge is 0.463 e. The Morgan fingerprint density at radius 1 is 0.667 bits per heavy atom. The smallest absolute Gasteiger partial charge is 0.305 e. The fourth-order valence-corrected chi connectivity index (χ4v) is 1.53. The molecule has 0 spiro atoms. The third kappa shape index (κ3) is 19.2. The summed E-state index contributed by atoms with van der Waals surface area (Å²) in [5.41, 5.74) is 0. The zero-order chi connectivity index (χ0) is 17.7. The number of carbonyl (C=O) groups excluding carboxylic acids is 1. The zero-order valence-electron chi connectivity index (χ0n) is 14.6. The van der Waals surface area contributed by atoms with E-state index < -0.39 is 6.67 Å². The highest BCUT2D eigenvalue weighted by atomic mass is 19.1. The van der Waals surface area contributed by atoms with Crippen LogP contribution in [-0.4, -0.2) is 85.3 Å². The van der Waals surface area contributed by atoms with Gasteiger partial charge < -0.3 is 28.4 Å². The minimum atomic E-state index is -0.472. The molecule has 0 rings (SSSR count). The van der Waals surface area contributed by atoms with Crippen molar-refractivity contribution >= 4 is 5.97 Å². The van der Waals surface area contributed by atoms with Crippen molar-refractivity contribution in [2.75, 3.05) is 79.4 Å². The van der Waals surface area contributed by atoms with Crippen molar-refractivity contribution in [1.82, 2.24) is 0 Å². The van der Waals surface area contributed by atoms with E-state index in [1.54, 1.807) is 0 Å². The van der Waals surface area contributed by atoms with Crippen molar-refractivity contribution in [2.45, 2.75) is 19.8 Å². The maximum absolute atomic E-state index is 11.7. The van der Waals surface area contributed by atoms with Crippen LogP contribution in [0.15, 0.2) is 0 Å². The fraction of sp³-hybridized carbons (Fsp3) is 0.938. The third-order valence-corrected chi connectivity index (χ3v) is 2.65. The average molecular weight is 354 g/mol. The second-order valence-corrected chi connectivity index (χ2v) is 4.72. The van der Waals surface area contributed by atoms with Gasteiger partial charge in [0.15, 0.2) is 0 Å². The molecule has 0 bridgehead atoms. The first-order chi connectivity index (χ1) is 11.8. The van der Waals surface area contributed by atoms with Crippen LogP contribution >= 0.6 is 0 Å². The van der Waals surface area contributed by atoms with Gasteiger partial charge in [0.05, 0.1) is 66.1 Å². The topological polar surface area (TPSA) is 72.5 Å². The Morgan fingerprint density at radius 3 is 1.42 bits per heavy atom. The second kappa shape index (κ2) is 20.2. The van der Waals surface area contributed by atoms with E-state index in [-0.39, 0.29) is 19.2 Å². The molecule has 0 amide bonds. The normalized spacial score (nSPS) is 10.9. The number of esters is 1. The maximum Gasteiger partial charge on any atom is 0.305 e. The second-order valence-electron chi connectivity index (χ2n) is 4.72. The van der Waals surface area contributed by atoms with Crippen molar-refractivity contribution in [3.05, 3.63) is 0 Å². The Bertz CT molecular complexity index is 267. The molecule has 0 fully saturated rings. The molecule has 0 saturated carbocycles. The zero-order valence-corrected chi connectivity index (χ0v) is 14.6. The Hall–Kier alpha value is -0.800. The van der Waals surface area contributed by atoms with Gasteiger partial charge in [0, 0.05) is 6.42 Å². The van der Waals surface area contributed by atoms with Crippen molar-refractivity contribution < 1.29 is 37.6 Å². The average Bonchev–Trinajstić information content (AvgIpc) is 2.58. The quantitative estimate of drug-likeness (QED) is 0.256. The van der Waals surface area contributed by atoms with E-state index in [0.29, 0.717) is 65.9 Å². The van der Waals surface area contributed by atoms with Gasteiger partial charge in [-0.25, -0.2) is 4.39 Å². The Morgan fingerprint density at radius 2 is 1.04 bits per heavy atom. The first kappa shape index (κ1) is 23.2. The number of carbonyl (C=O) groups is 1. The molecule has 0 aliphatic carbocycles. The van der Waals surface area contributed by atoms with Crippen LogP contribution < -0.4 is 0 Å². The van der Waals surface area contributed by atoms with Gasteiger partial charge in [-0.05, 0) is 6.42 Å². The molecule has 0 saturated heterocycles. The van der Waals surface area contributed by atoms with E-state index in [1.165, 1.54) is 0 Å². The summed E-state index contributed by atoms with van der Waals surface area (Å²) in [7, 11) is 0. The highest BCUT2D eigenvalue weighted by Gasteiger charge is 1.99. The number of halogens is 1. The van der Waals surface area contributed by atoms with Crippen LogP contribution in [0.3, 0.4) is 0 Å². The van der Waals surface area contributed by atoms with Crippen LogP contribution in [0.5, 0.6) is 0 Å². The summed E-state index contributed by atoms with van der Waals surface area (Å²) in [6, 6.07) is 0. The van der Waals surface area contributed by atoms with Gasteiger partial charge in [0.2, 0.25) is 0 Å². The van der Waals surface area contributed by atoms with Gasteiger partial charge in [-0.15, -0.1) is 0 Å². The van der Waals surface area contributed by atoms with E-state index in [4.69, 9.17) is 28.4 Å². The van der Waals surface area contributed by atoms with Crippen LogP contribution in [0, 0.1) is 0 Å². The highest BCUT2D eigenvalue weighted by Crippen LogP contribution is 1.91. The van der Waals surface area contributed by atoms with E-state index in [0.717, 1.165) is 6.42 Å². The summed E-state index contributed by atoms with van der Waals surface area (Å²) in [5, 5.41) is 0. The van der Waals surface area contributed by atoms with Gasteiger partial charge in [-0.1, -0.05) is 6.92 Å². The molecule has 0 aromatic carbocycles. The van der Waals surface area contributed by atoms with Crippen molar-refractivity contribution in [3.63, 3.8) is 0 Å². The molecule has 0 radical (unpaired) electrons. The SMILES string of the molecule is CCCC(=O)OCCOCCOCCOCCOCCOCCF. The summed E-state index contributed by atoms with van der Waals surface area (Å²) in [6.45, 7) is 5.89. The van der Waals surface area contributed by atoms with E-state index >= 15 is 0 Å². The Balaban J connectivity index is 3.01. The van der Waals surface area contributed by atoms with Crippen molar-refractivity contribution in [2.24, 2.45) is 0 Å². The predicted molar refractivity (Wildman–Crippen MR) is 85.9 cm³/mol. The lowest BCUT2D eigenvalue weighted by Gasteiger charge is -2.08. The van der Waals surface area contributed by atoms with Crippen LogP contribution in [-0.2, 0) is 33.2 Å². The summed E-state index contributed by atoms with van der Waals surface area (Å²) in [5.74, 6) is -0.189. The van der Waals surface area contributed by atoms with Gasteiger partial charge in [-0.2, -0.15) is 0 Å². The summed E-state index contributed by atoms with van der Waals surface area (Å²) < 4.78 is 42.7. The Kier molecular flexibility index (Phi) is 19.6. The summed E-state index contributed by atoms with van der Waals surface area (Å²) >= 11 is 0. The van der Waals surface area contributed by atoms with E-state index in [2.05, 4.69) is 0 Å². The minimum absolute atomic E-state index is 0.116. The molecule has 144 valence electrons. The van der Waals surface area contributed by atoms with Crippen molar-refractivity contribution in [1.29, 1.82) is 0 Å². The summed E-state index contributed by atoms with van der Waals surface area (Å²) in [4.78, 5) is 11.1. The van der Waals surface area contributed by atoms with E-state index in [1.807, 2.05) is 6.92 Å². The molecular weight excluding hydrogens is 323 g/mol. The molecule has 7 nitrogen and oxygen atoms in total. The lowest BCUT2D eigenvalue weighted by atomic mass is 10.3.